The van der Waals surface area contributed by atoms with Gasteiger partial charge in [0.05, 0.1) is 27.2 Å². The summed E-state index contributed by atoms with van der Waals surface area (Å²) in [7, 11) is 4.52. The molecule has 3 rings (SSSR count). The van der Waals surface area contributed by atoms with Gasteiger partial charge >= 0.3 is 5.97 Å². The van der Waals surface area contributed by atoms with E-state index < -0.39 is 5.41 Å². The predicted octanol–water partition coefficient (Wildman–Crippen LogP) is 1.29. The summed E-state index contributed by atoms with van der Waals surface area (Å²) in [5, 5.41) is 0. The largest absolute Gasteiger partial charge is 1.00 e. The number of piperidine rings is 1. The third-order valence-corrected chi connectivity index (χ3v) is 7.47. The van der Waals surface area contributed by atoms with Gasteiger partial charge in [0.2, 0.25) is 0 Å². The number of nitrogens with zero attached hydrogens (tertiary/aromatic N) is 1. The van der Waals surface area contributed by atoms with Crippen molar-refractivity contribution in [3.63, 3.8) is 0 Å². The maximum atomic E-state index is 13.3. The van der Waals surface area contributed by atoms with Crippen LogP contribution in [-0.4, -0.2) is 43.7 Å². The van der Waals surface area contributed by atoms with Crippen LogP contribution < -0.4 is 24.0 Å². The zero-order valence-electron chi connectivity index (χ0n) is 16.0. The Morgan fingerprint density at radius 3 is 2.28 bits per heavy atom. The number of likely N-dealkylation sites (tertiary alicyclic amines) is 1. The highest BCUT2D eigenvalue weighted by molar-refractivity contribution is 7.12. The monoisotopic (exact) mass is 477 g/mol. The number of hydrogen-bond donors (Lipinski definition) is 0. The van der Waals surface area contributed by atoms with Crippen molar-refractivity contribution >= 4 is 17.3 Å². The molecule has 0 aromatic carbocycles. The maximum Gasteiger partial charge on any atom is 0.317 e. The van der Waals surface area contributed by atoms with E-state index in [1.165, 1.54) is 22.6 Å². The molecule has 0 N–H and O–H groups in total. The number of aryl methyl sites for hydroxylation is 1. The van der Waals surface area contributed by atoms with E-state index in [4.69, 9.17) is 4.74 Å². The van der Waals surface area contributed by atoms with Crippen molar-refractivity contribution in [2.45, 2.75) is 63.9 Å². The lowest BCUT2D eigenvalue weighted by Gasteiger charge is -2.39. The Morgan fingerprint density at radius 1 is 1.16 bits per heavy atom. The summed E-state index contributed by atoms with van der Waals surface area (Å²) in [6.07, 6.45) is 6.87. The first-order valence-electron chi connectivity index (χ1n) is 9.41. The molecule has 2 aliphatic rings. The smallest absolute Gasteiger partial charge is 0.317 e. The summed E-state index contributed by atoms with van der Waals surface area (Å²) in [5.74, 6) is 0.451. The van der Waals surface area contributed by atoms with Crippen molar-refractivity contribution in [1.82, 2.24) is 0 Å². The van der Waals surface area contributed by atoms with Gasteiger partial charge in [-0.15, -0.1) is 11.3 Å². The fourth-order valence-corrected chi connectivity index (χ4v) is 5.40. The molecule has 142 valence electrons. The summed E-state index contributed by atoms with van der Waals surface area (Å²) in [5.41, 5.74) is -0.461. The number of ether oxygens (including phenoxy) is 1. The van der Waals surface area contributed by atoms with Crippen molar-refractivity contribution in [2.75, 3.05) is 27.2 Å². The van der Waals surface area contributed by atoms with Gasteiger partial charge in [-0.05, 0) is 44.7 Å². The highest BCUT2D eigenvalue weighted by atomic mass is 127. The zero-order valence-corrected chi connectivity index (χ0v) is 19.0. The van der Waals surface area contributed by atoms with E-state index in [9.17, 15) is 4.79 Å². The average Bonchev–Trinajstić information content (AvgIpc) is 3.20. The van der Waals surface area contributed by atoms with Gasteiger partial charge in [-0.3, -0.25) is 4.79 Å². The third kappa shape index (κ3) is 4.59. The molecule has 0 spiro atoms. The molecule has 1 saturated carbocycles. The van der Waals surface area contributed by atoms with Crippen LogP contribution in [0.15, 0.2) is 12.1 Å². The number of rotatable bonds is 4. The van der Waals surface area contributed by atoms with E-state index in [0.29, 0.717) is 5.92 Å². The zero-order chi connectivity index (χ0) is 17.4. The molecule has 1 unspecified atom stereocenters. The van der Waals surface area contributed by atoms with Crippen LogP contribution in [0, 0.1) is 12.8 Å². The Labute approximate surface area is 173 Å². The molecule has 2 heterocycles. The SMILES string of the molecule is Cc1ccc(C(C)(C(=O)OC2CC[N+](C)(C)CC2)C2CCCC2)s1.[I-]. The van der Waals surface area contributed by atoms with Gasteiger partial charge in [0.1, 0.15) is 11.5 Å². The second kappa shape index (κ2) is 8.26. The summed E-state index contributed by atoms with van der Waals surface area (Å²) < 4.78 is 7.12. The third-order valence-electron chi connectivity index (χ3n) is 6.23. The van der Waals surface area contributed by atoms with Gasteiger partial charge in [0, 0.05) is 22.6 Å². The quantitative estimate of drug-likeness (QED) is 0.371. The number of halogens is 1. The van der Waals surface area contributed by atoms with E-state index in [2.05, 4.69) is 40.1 Å². The van der Waals surface area contributed by atoms with Gasteiger partial charge in [0.15, 0.2) is 0 Å². The van der Waals surface area contributed by atoms with Crippen LogP contribution in [0.1, 0.15) is 55.2 Å². The number of esters is 1. The summed E-state index contributed by atoms with van der Waals surface area (Å²) in [6.45, 7) is 6.45. The van der Waals surface area contributed by atoms with Gasteiger partial charge < -0.3 is 33.2 Å². The lowest BCUT2D eigenvalue weighted by atomic mass is 9.74. The summed E-state index contributed by atoms with van der Waals surface area (Å²) in [4.78, 5) is 15.7. The lowest BCUT2D eigenvalue weighted by Crippen LogP contribution is -3.00. The molecule has 0 radical (unpaired) electrons. The molecule has 1 aromatic heterocycles. The Morgan fingerprint density at radius 2 is 1.76 bits per heavy atom. The second-order valence-electron chi connectivity index (χ2n) is 8.58. The van der Waals surface area contributed by atoms with Crippen LogP contribution in [0.4, 0.5) is 0 Å². The van der Waals surface area contributed by atoms with Gasteiger partial charge in [0.25, 0.3) is 0 Å². The van der Waals surface area contributed by atoms with Crippen LogP contribution in [0.2, 0.25) is 0 Å². The predicted molar refractivity (Wildman–Crippen MR) is 99.3 cm³/mol. The van der Waals surface area contributed by atoms with Gasteiger partial charge in [-0.1, -0.05) is 12.8 Å². The summed E-state index contributed by atoms with van der Waals surface area (Å²) in [6, 6.07) is 4.29. The van der Waals surface area contributed by atoms with Gasteiger partial charge in [-0.25, -0.2) is 0 Å². The molecule has 1 aromatic rings. The number of quaternary nitrogens is 1. The Hall–Kier alpha value is -0.140. The molecular weight excluding hydrogens is 445 g/mol. The Kier molecular flexibility index (Phi) is 6.99. The number of hydrogen-bond acceptors (Lipinski definition) is 3. The Bertz CT molecular complexity index is 584. The first-order chi connectivity index (χ1) is 11.3. The molecular formula is C20H32INO2S. The summed E-state index contributed by atoms with van der Waals surface area (Å²) >= 11 is 1.77. The number of thiophene rings is 1. The first-order valence-corrected chi connectivity index (χ1v) is 10.2. The molecule has 25 heavy (non-hydrogen) atoms. The van der Waals surface area contributed by atoms with Crippen LogP contribution in [-0.2, 0) is 14.9 Å². The topological polar surface area (TPSA) is 26.3 Å². The fraction of sp³-hybridized carbons (Fsp3) is 0.750. The van der Waals surface area contributed by atoms with Crippen molar-refractivity contribution in [2.24, 2.45) is 5.92 Å². The van der Waals surface area contributed by atoms with E-state index in [-0.39, 0.29) is 36.0 Å². The molecule has 1 atom stereocenters. The molecule has 1 saturated heterocycles. The fourth-order valence-electron chi connectivity index (χ4n) is 4.32. The van der Waals surface area contributed by atoms with E-state index in [1.54, 1.807) is 11.3 Å². The van der Waals surface area contributed by atoms with Crippen molar-refractivity contribution in [3.8, 4) is 0 Å². The molecule has 0 bridgehead atoms. The number of carbonyl (C=O) groups is 1. The number of carbonyl (C=O) groups excluding carboxylic acids is 1. The van der Waals surface area contributed by atoms with Crippen molar-refractivity contribution in [3.05, 3.63) is 21.9 Å². The highest BCUT2D eigenvalue weighted by Crippen LogP contribution is 2.45. The minimum Gasteiger partial charge on any atom is -1.00 e. The maximum absolute atomic E-state index is 13.3. The lowest BCUT2D eigenvalue weighted by molar-refractivity contribution is -0.896. The minimum absolute atomic E-state index is 0. The van der Waals surface area contributed by atoms with Gasteiger partial charge in [-0.2, -0.15) is 0 Å². The Balaban J connectivity index is 0.00000225. The van der Waals surface area contributed by atoms with Crippen LogP contribution in [0.5, 0.6) is 0 Å². The molecule has 1 aliphatic heterocycles. The molecule has 5 heteroatoms. The highest BCUT2D eigenvalue weighted by Gasteiger charge is 2.47. The van der Waals surface area contributed by atoms with Crippen molar-refractivity contribution < 1.29 is 38.0 Å². The van der Waals surface area contributed by atoms with Crippen LogP contribution in [0.25, 0.3) is 0 Å². The van der Waals surface area contributed by atoms with E-state index in [1.807, 2.05) is 0 Å². The average molecular weight is 477 g/mol. The molecule has 1 aliphatic carbocycles. The van der Waals surface area contributed by atoms with Crippen LogP contribution in [0.3, 0.4) is 0 Å². The van der Waals surface area contributed by atoms with Crippen LogP contribution >= 0.6 is 11.3 Å². The van der Waals surface area contributed by atoms with E-state index in [0.717, 1.165) is 43.3 Å². The van der Waals surface area contributed by atoms with Crippen molar-refractivity contribution in [1.29, 1.82) is 0 Å². The first kappa shape index (κ1) is 21.2. The van der Waals surface area contributed by atoms with E-state index >= 15 is 0 Å². The molecule has 3 nitrogen and oxygen atoms in total. The molecule has 2 fully saturated rings. The normalized spacial score (nSPS) is 23.7. The minimum atomic E-state index is -0.461. The molecule has 0 amide bonds. The second-order valence-corrected chi connectivity index (χ2v) is 9.87. The standard InChI is InChI=1S/C20H32NO2S.HI/c1-15-9-10-18(24-15)20(2,16-7-5-6-8-16)19(22)23-17-11-13-21(3,4)14-12-17;/h9-10,16-17H,5-8,11-14H2,1-4H3;1H/q+1;/p-1.